The summed E-state index contributed by atoms with van der Waals surface area (Å²) < 4.78 is 1.63. The van der Waals surface area contributed by atoms with Crippen LogP contribution >= 0.6 is 11.6 Å². The van der Waals surface area contributed by atoms with Crippen molar-refractivity contribution < 1.29 is 4.92 Å². The summed E-state index contributed by atoms with van der Waals surface area (Å²) in [5, 5.41) is 26.4. The second-order valence-corrected chi connectivity index (χ2v) is 5.89. The minimum Gasteiger partial charge on any atom is -0.323 e. The Labute approximate surface area is 146 Å². The molecule has 0 fully saturated rings. The zero-order chi connectivity index (χ0) is 17.4. The van der Waals surface area contributed by atoms with Crippen LogP contribution in [0.15, 0.2) is 54.6 Å². The maximum Gasteiger partial charge on any atom is 0.269 e. The van der Waals surface area contributed by atoms with E-state index >= 15 is 0 Å². The molecule has 0 saturated carbocycles. The fourth-order valence-electron chi connectivity index (χ4n) is 2.68. The molecule has 0 unspecified atom stereocenters. The Balaban J connectivity index is 1.76. The molecule has 8 nitrogen and oxygen atoms in total. The van der Waals surface area contributed by atoms with E-state index in [2.05, 4.69) is 20.8 Å². The van der Waals surface area contributed by atoms with Gasteiger partial charge in [-0.15, -0.1) is 0 Å². The number of allylic oxidation sites excluding steroid dienone is 1. The van der Waals surface area contributed by atoms with Crippen molar-refractivity contribution >= 4 is 28.9 Å². The number of aromatic nitrogens is 4. The first-order valence-corrected chi connectivity index (χ1v) is 7.76. The number of hydrogen-bond acceptors (Lipinski definition) is 6. The fraction of sp³-hybridized carbons (Fsp3) is 0.0625. The lowest BCUT2D eigenvalue weighted by Crippen LogP contribution is -2.20. The minimum atomic E-state index is -0.427. The highest BCUT2D eigenvalue weighted by Gasteiger charge is 2.24. The second-order valence-electron chi connectivity index (χ2n) is 5.45. The monoisotopic (exact) mass is 354 g/mol. The lowest BCUT2D eigenvalue weighted by molar-refractivity contribution is -0.384. The van der Waals surface area contributed by atoms with E-state index in [0.29, 0.717) is 11.0 Å². The molecule has 0 saturated heterocycles. The Kier molecular flexibility index (Phi) is 3.66. The number of rotatable bonds is 3. The van der Waals surface area contributed by atoms with Gasteiger partial charge in [0.2, 0.25) is 5.95 Å². The van der Waals surface area contributed by atoms with Crippen molar-refractivity contribution in [3.8, 4) is 0 Å². The second kappa shape index (κ2) is 5.99. The van der Waals surface area contributed by atoms with Gasteiger partial charge in [0, 0.05) is 22.9 Å². The fourth-order valence-corrected chi connectivity index (χ4v) is 2.81. The molecule has 0 aliphatic carbocycles. The first kappa shape index (κ1) is 15.3. The number of anilines is 1. The summed E-state index contributed by atoms with van der Waals surface area (Å²) in [7, 11) is 0. The van der Waals surface area contributed by atoms with Crippen LogP contribution < -0.4 is 5.32 Å². The molecule has 25 heavy (non-hydrogen) atoms. The van der Waals surface area contributed by atoms with E-state index in [-0.39, 0.29) is 11.7 Å². The Morgan fingerprint density at radius 2 is 1.84 bits per heavy atom. The molecule has 1 aliphatic heterocycles. The molecule has 3 aromatic rings. The standard InChI is InChI=1S/C16H11ClN6O2/c17-12-5-1-10(2-6-12)14-9-15(22-16(18-14)19-20-21-22)11-3-7-13(8-4-11)23(24)25/h1-9,15H,(H,18,19,21)/t15-/m1/s1. The highest BCUT2D eigenvalue weighted by molar-refractivity contribution is 6.30. The van der Waals surface area contributed by atoms with Gasteiger partial charge in [-0.25, -0.2) is 0 Å². The zero-order valence-electron chi connectivity index (χ0n) is 12.7. The molecule has 0 amide bonds. The van der Waals surface area contributed by atoms with Gasteiger partial charge < -0.3 is 5.32 Å². The number of fused-ring (bicyclic) bond motifs is 1. The summed E-state index contributed by atoms with van der Waals surface area (Å²) in [4.78, 5) is 10.4. The number of non-ortho nitro benzene ring substituents is 1. The van der Waals surface area contributed by atoms with Crippen LogP contribution in [-0.4, -0.2) is 25.1 Å². The van der Waals surface area contributed by atoms with Crippen LogP contribution in [-0.2, 0) is 0 Å². The predicted molar refractivity (Wildman–Crippen MR) is 92.1 cm³/mol. The number of tetrazole rings is 1. The Morgan fingerprint density at radius 3 is 2.52 bits per heavy atom. The Hall–Kier alpha value is -3.26. The molecule has 1 atom stereocenters. The van der Waals surface area contributed by atoms with Crippen molar-refractivity contribution in [1.29, 1.82) is 0 Å². The average Bonchev–Trinajstić information content (AvgIpc) is 3.10. The van der Waals surface area contributed by atoms with Crippen LogP contribution in [0.4, 0.5) is 11.6 Å². The van der Waals surface area contributed by atoms with Crippen molar-refractivity contribution in [3.05, 3.63) is 80.9 Å². The van der Waals surface area contributed by atoms with Gasteiger partial charge in [0.15, 0.2) is 0 Å². The van der Waals surface area contributed by atoms with Crippen LogP contribution in [0.5, 0.6) is 0 Å². The van der Waals surface area contributed by atoms with Crippen LogP contribution in [0.25, 0.3) is 5.70 Å². The average molecular weight is 355 g/mol. The summed E-state index contributed by atoms with van der Waals surface area (Å²) in [5.41, 5.74) is 2.65. The first-order valence-electron chi connectivity index (χ1n) is 7.39. The van der Waals surface area contributed by atoms with Gasteiger partial charge in [-0.3, -0.25) is 10.1 Å². The lowest BCUT2D eigenvalue weighted by atomic mass is 10.0. The maximum atomic E-state index is 10.8. The highest BCUT2D eigenvalue weighted by Crippen LogP contribution is 2.32. The Morgan fingerprint density at radius 1 is 1.12 bits per heavy atom. The van der Waals surface area contributed by atoms with Crippen molar-refractivity contribution in [2.24, 2.45) is 0 Å². The van der Waals surface area contributed by atoms with Crippen LogP contribution in [0.1, 0.15) is 17.2 Å². The molecule has 1 aromatic heterocycles. The van der Waals surface area contributed by atoms with E-state index in [0.717, 1.165) is 16.8 Å². The van der Waals surface area contributed by atoms with E-state index in [1.165, 1.54) is 12.1 Å². The van der Waals surface area contributed by atoms with Crippen molar-refractivity contribution in [1.82, 2.24) is 20.2 Å². The SMILES string of the molecule is O=[N+]([O-])c1ccc([C@H]2C=C(c3ccc(Cl)cc3)Nc3nnnn32)cc1. The van der Waals surface area contributed by atoms with E-state index < -0.39 is 4.92 Å². The molecule has 0 radical (unpaired) electrons. The smallest absolute Gasteiger partial charge is 0.269 e. The number of nitro benzene ring substituents is 1. The molecule has 2 aromatic carbocycles. The highest BCUT2D eigenvalue weighted by atomic mass is 35.5. The van der Waals surface area contributed by atoms with Gasteiger partial charge in [-0.2, -0.15) is 4.68 Å². The lowest BCUT2D eigenvalue weighted by Gasteiger charge is -2.23. The molecular weight excluding hydrogens is 344 g/mol. The van der Waals surface area contributed by atoms with Crippen LogP contribution in [0, 0.1) is 10.1 Å². The normalized spacial score (nSPS) is 15.9. The van der Waals surface area contributed by atoms with Gasteiger partial charge in [0.25, 0.3) is 5.69 Å². The molecule has 2 heterocycles. The maximum absolute atomic E-state index is 10.8. The molecule has 9 heteroatoms. The third-order valence-corrected chi connectivity index (χ3v) is 4.18. The number of nitro groups is 1. The van der Waals surface area contributed by atoms with Gasteiger partial charge in [-0.05, 0) is 51.9 Å². The van der Waals surface area contributed by atoms with Crippen LogP contribution in [0.3, 0.4) is 0 Å². The number of hydrogen-bond donors (Lipinski definition) is 1. The van der Waals surface area contributed by atoms with E-state index in [9.17, 15) is 10.1 Å². The minimum absolute atomic E-state index is 0.0385. The predicted octanol–water partition coefficient (Wildman–Crippen LogP) is 3.29. The number of halogens is 1. The van der Waals surface area contributed by atoms with Gasteiger partial charge in [0.1, 0.15) is 6.04 Å². The summed E-state index contributed by atoms with van der Waals surface area (Å²) >= 11 is 5.95. The van der Waals surface area contributed by atoms with Gasteiger partial charge in [0.05, 0.1) is 4.92 Å². The summed E-state index contributed by atoms with van der Waals surface area (Å²) in [6.07, 6.45) is 1.97. The first-order chi connectivity index (χ1) is 12.1. The molecule has 1 aliphatic rings. The summed E-state index contributed by atoms with van der Waals surface area (Å²) in [6.45, 7) is 0. The molecule has 124 valence electrons. The quantitative estimate of drug-likeness (QED) is 0.572. The number of nitrogens with zero attached hydrogens (tertiary/aromatic N) is 5. The van der Waals surface area contributed by atoms with Gasteiger partial charge >= 0.3 is 0 Å². The van der Waals surface area contributed by atoms with Gasteiger partial charge in [-0.1, -0.05) is 28.8 Å². The van der Waals surface area contributed by atoms with E-state index in [1.807, 2.05) is 18.2 Å². The van der Waals surface area contributed by atoms with Crippen molar-refractivity contribution in [2.45, 2.75) is 6.04 Å². The molecular formula is C16H11ClN6O2. The number of nitrogens with one attached hydrogen (secondary N) is 1. The van der Waals surface area contributed by atoms with E-state index in [1.54, 1.807) is 28.9 Å². The Bertz CT molecular complexity index is 965. The summed E-state index contributed by atoms with van der Waals surface area (Å²) in [6, 6.07) is 13.5. The zero-order valence-corrected chi connectivity index (χ0v) is 13.5. The van der Waals surface area contributed by atoms with Crippen molar-refractivity contribution in [2.75, 3.05) is 5.32 Å². The summed E-state index contributed by atoms with van der Waals surface area (Å²) in [5.74, 6) is 0.496. The molecule has 4 rings (SSSR count). The molecule has 1 N–H and O–H groups in total. The third-order valence-electron chi connectivity index (χ3n) is 3.93. The number of benzene rings is 2. The molecule has 0 spiro atoms. The van der Waals surface area contributed by atoms with E-state index in [4.69, 9.17) is 11.6 Å². The molecule has 0 bridgehead atoms. The third kappa shape index (κ3) is 2.83. The van der Waals surface area contributed by atoms with Crippen LogP contribution in [0.2, 0.25) is 5.02 Å². The largest absolute Gasteiger partial charge is 0.323 e. The topological polar surface area (TPSA) is 98.8 Å². The van der Waals surface area contributed by atoms with Crippen molar-refractivity contribution in [3.63, 3.8) is 0 Å².